The van der Waals surface area contributed by atoms with E-state index in [1.807, 2.05) is 32.0 Å². The summed E-state index contributed by atoms with van der Waals surface area (Å²) in [5, 5.41) is 5.23. The third kappa shape index (κ3) is 11.3. The minimum absolute atomic E-state index is 0.00765. The maximum absolute atomic E-state index is 13.9. The molecule has 38 heavy (non-hydrogen) atoms. The first-order chi connectivity index (χ1) is 17.8. The van der Waals surface area contributed by atoms with Crippen molar-refractivity contribution in [3.63, 3.8) is 0 Å². The average molecular weight is 552 g/mol. The molecule has 3 amide bonds. The van der Waals surface area contributed by atoms with Gasteiger partial charge in [0.05, 0.1) is 7.11 Å². The Bertz CT molecular complexity index is 947. The second-order valence-electron chi connectivity index (χ2n) is 10.4. The summed E-state index contributed by atoms with van der Waals surface area (Å²) >= 11 is 4.32. The van der Waals surface area contributed by atoms with Crippen LogP contribution >= 0.6 is 12.6 Å². The Morgan fingerprint density at radius 2 is 1.71 bits per heavy atom. The molecule has 0 spiro atoms. The summed E-state index contributed by atoms with van der Waals surface area (Å²) in [4.78, 5) is 53.3. The summed E-state index contributed by atoms with van der Waals surface area (Å²) in [6.45, 7) is 11.0. The molecule has 2 atom stereocenters. The Labute approximate surface area is 232 Å². The molecule has 2 N–H and O–H groups in total. The molecule has 0 heterocycles. The van der Waals surface area contributed by atoms with Crippen LogP contribution in [-0.2, 0) is 23.9 Å². The van der Waals surface area contributed by atoms with E-state index in [4.69, 9.17) is 4.74 Å². The third-order valence-corrected chi connectivity index (χ3v) is 6.25. The number of carbonyl (C=O) groups excluding carboxylic acids is 4. The molecule has 0 aliphatic heterocycles. The van der Waals surface area contributed by atoms with Gasteiger partial charge in [0.2, 0.25) is 11.8 Å². The summed E-state index contributed by atoms with van der Waals surface area (Å²) in [6, 6.07) is 3.64. The number of carbonyl (C=O) groups is 4. The molecule has 1 aromatic rings. The molecular formula is C28H45N3O6S. The summed E-state index contributed by atoms with van der Waals surface area (Å²) < 4.78 is 10.0. The zero-order valence-corrected chi connectivity index (χ0v) is 24.8. The molecule has 0 saturated carbocycles. The summed E-state index contributed by atoms with van der Waals surface area (Å²) in [7, 11) is 1.24. The van der Waals surface area contributed by atoms with Crippen LogP contribution < -0.4 is 10.6 Å². The van der Waals surface area contributed by atoms with Crippen LogP contribution in [0.5, 0.6) is 0 Å². The van der Waals surface area contributed by atoms with Gasteiger partial charge in [0, 0.05) is 12.3 Å². The van der Waals surface area contributed by atoms with Gasteiger partial charge in [-0.25, -0.2) is 4.79 Å². The first kappa shape index (κ1) is 33.3. The van der Waals surface area contributed by atoms with Gasteiger partial charge in [-0.3, -0.25) is 14.4 Å². The number of hydrogen-bond acceptors (Lipinski definition) is 7. The van der Waals surface area contributed by atoms with Gasteiger partial charge in [-0.1, -0.05) is 56.4 Å². The highest BCUT2D eigenvalue weighted by atomic mass is 32.1. The molecule has 1 rings (SSSR count). The predicted molar refractivity (Wildman–Crippen MR) is 151 cm³/mol. The molecule has 9 nitrogen and oxygen atoms in total. The van der Waals surface area contributed by atoms with Crippen LogP contribution in [0.3, 0.4) is 0 Å². The number of unbranched alkanes of at least 4 members (excludes halogenated alkanes) is 4. The normalized spacial score (nSPS) is 12.7. The maximum atomic E-state index is 13.9. The Hall–Kier alpha value is -2.75. The van der Waals surface area contributed by atoms with Crippen LogP contribution in [0.15, 0.2) is 18.2 Å². The first-order valence-corrected chi connectivity index (χ1v) is 13.8. The van der Waals surface area contributed by atoms with Gasteiger partial charge in [0.15, 0.2) is 0 Å². The third-order valence-electron chi connectivity index (χ3n) is 5.88. The van der Waals surface area contributed by atoms with Crippen molar-refractivity contribution in [2.24, 2.45) is 0 Å². The van der Waals surface area contributed by atoms with E-state index >= 15 is 0 Å². The van der Waals surface area contributed by atoms with Crippen LogP contribution in [-0.4, -0.2) is 66.4 Å². The molecule has 214 valence electrons. The fraction of sp³-hybridized carbons (Fsp3) is 0.643. The standard InChI is InChI=1S/C28H45N3O6S/c1-8-9-10-11-12-15-31(26(34)22(18-38)30-27(35)37-28(4,5)6)24(25(33)29-17-23(32)36-7)21-16-19(2)13-14-20(21)3/h13-14,16,22,24,38H,8-12,15,17-18H2,1-7H3,(H,29,33)(H,30,35). The first-order valence-electron chi connectivity index (χ1n) is 13.2. The number of aryl methyl sites for hydroxylation is 2. The van der Waals surface area contributed by atoms with Crippen LogP contribution in [0.1, 0.15) is 82.5 Å². The van der Waals surface area contributed by atoms with Gasteiger partial charge in [0.1, 0.15) is 24.2 Å². The van der Waals surface area contributed by atoms with Crippen molar-refractivity contribution < 1.29 is 28.7 Å². The minimum atomic E-state index is -1.03. The number of hydrogen-bond donors (Lipinski definition) is 3. The Kier molecular flexibility index (Phi) is 14.2. The monoisotopic (exact) mass is 551 g/mol. The van der Waals surface area contributed by atoms with E-state index in [1.54, 1.807) is 20.8 Å². The molecule has 0 bridgehead atoms. The van der Waals surface area contributed by atoms with Gasteiger partial charge in [0.25, 0.3) is 0 Å². The van der Waals surface area contributed by atoms with Crippen LogP contribution in [0.25, 0.3) is 0 Å². The Morgan fingerprint density at radius 3 is 2.29 bits per heavy atom. The lowest BCUT2D eigenvalue weighted by atomic mass is 9.96. The molecule has 2 unspecified atom stereocenters. The largest absolute Gasteiger partial charge is 0.468 e. The zero-order valence-electron chi connectivity index (χ0n) is 23.9. The number of rotatable bonds is 14. The van der Waals surface area contributed by atoms with Gasteiger partial charge in [-0.05, 0) is 52.2 Å². The van der Waals surface area contributed by atoms with E-state index in [9.17, 15) is 19.2 Å². The number of thiol groups is 1. The highest BCUT2D eigenvalue weighted by Gasteiger charge is 2.36. The van der Waals surface area contributed by atoms with Crippen molar-refractivity contribution in [3.8, 4) is 0 Å². The second kappa shape index (κ2) is 16.3. The molecule has 0 saturated heterocycles. The lowest BCUT2D eigenvalue weighted by molar-refractivity contribution is -0.144. The average Bonchev–Trinajstić information content (AvgIpc) is 2.85. The topological polar surface area (TPSA) is 114 Å². The smallest absolute Gasteiger partial charge is 0.408 e. The van der Waals surface area contributed by atoms with E-state index in [0.717, 1.165) is 36.8 Å². The highest BCUT2D eigenvalue weighted by Crippen LogP contribution is 2.27. The van der Waals surface area contributed by atoms with Crippen molar-refractivity contribution in [2.45, 2.75) is 91.3 Å². The number of amides is 3. The number of alkyl carbamates (subject to hydrolysis) is 1. The van der Waals surface area contributed by atoms with Gasteiger partial charge < -0.3 is 25.0 Å². The number of ether oxygens (including phenoxy) is 2. The van der Waals surface area contributed by atoms with Gasteiger partial charge in [-0.2, -0.15) is 12.6 Å². The quantitative estimate of drug-likeness (QED) is 0.181. The van der Waals surface area contributed by atoms with Crippen LogP contribution in [0, 0.1) is 13.8 Å². The van der Waals surface area contributed by atoms with E-state index in [0.29, 0.717) is 12.0 Å². The number of benzene rings is 1. The second-order valence-corrected chi connectivity index (χ2v) is 10.7. The number of methoxy groups -OCH3 is 1. The SMILES string of the molecule is CCCCCCCN(C(=O)C(CS)NC(=O)OC(C)(C)C)C(C(=O)NCC(=O)OC)c1cc(C)ccc1C. The number of esters is 1. The van der Waals surface area contributed by atoms with Crippen LogP contribution in [0.2, 0.25) is 0 Å². The molecule has 0 radical (unpaired) electrons. The van der Waals surface area contributed by atoms with E-state index in [-0.39, 0.29) is 18.8 Å². The fourth-order valence-corrected chi connectivity index (χ4v) is 4.17. The van der Waals surface area contributed by atoms with E-state index < -0.39 is 41.6 Å². The van der Waals surface area contributed by atoms with Gasteiger partial charge in [-0.15, -0.1) is 0 Å². The van der Waals surface area contributed by atoms with E-state index in [2.05, 4.69) is 34.9 Å². The molecule has 0 aliphatic rings. The Morgan fingerprint density at radius 1 is 1.05 bits per heavy atom. The minimum Gasteiger partial charge on any atom is -0.468 e. The molecule has 1 aromatic carbocycles. The Balaban J connectivity index is 3.45. The lowest BCUT2D eigenvalue weighted by Gasteiger charge is -2.35. The maximum Gasteiger partial charge on any atom is 0.408 e. The van der Waals surface area contributed by atoms with Gasteiger partial charge >= 0.3 is 12.1 Å². The van der Waals surface area contributed by atoms with E-state index in [1.165, 1.54) is 12.0 Å². The fourth-order valence-electron chi connectivity index (χ4n) is 3.92. The van der Waals surface area contributed by atoms with Crippen molar-refractivity contribution in [2.75, 3.05) is 26.0 Å². The van der Waals surface area contributed by atoms with Crippen molar-refractivity contribution >= 4 is 36.5 Å². The molecular weight excluding hydrogens is 506 g/mol. The number of nitrogens with one attached hydrogen (secondary N) is 2. The molecule has 0 aromatic heterocycles. The van der Waals surface area contributed by atoms with Crippen molar-refractivity contribution in [3.05, 3.63) is 34.9 Å². The molecule has 0 aliphatic carbocycles. The zero-order chi connectivity index (χ0) is 28.9. The predicted octanol–water partition coefficient (Wildman–Crippen LogP) is 4.26. The lowest BCUT2D eigenvalue weighted by Crippen LogP contribution is -2.54. The van der Waals surface area contributed by atoms with Crippen molar-refractivity contribution in [1.82, 2.24) is 15.5 Å². The van der Waals surface area contributed by atoms with Crippen LogP contribution in [0.4, 0.5) is 4.79 Å². The summed E-state index contributed by atoms with van der Waals surface area (Å²) in [6.07, 6.45) is 3.97. The summed E-state index contributed by atoms with van der Waals surface area (Å²) in [5.74, 6) is -1.56. The summed E-state index contributed by atoms with van der Waals surface area (Å²) in [5.41, 5.74) is 1.64. The number of nitrogens with zero attached hydrogens (tertiary/aromatic N) is 1. The molecule has 0 fully saturated rings. The highest BCUT2D eigenvalue weighted by molar-refractivity contribution is 7.80. The van der Waals surface area contributed by atoms with Crippen molar-refractivity contribution in [1.29, 1.82) is 0 Å². The molecule has 10 heteroatoms.